The van der Waals surface area contributed by atoms with Crippen molar-refractivity contribution in [3.05, 3.63) is 39.9 Å². The molecule has 0 spiro atoms. The number of hydrogen-bond donors (Lipinski definition) is 0. The van der Waals surface area contributed by atoms with Crippen LogP contribution >= 0.6 is 0 Å². The minimum absolute atomic E-state index is 0.00732. The summed E-state index contributed by atoms with van der Waals surface area (Å²) in [5, 5.41) is 10.1. The van der Waals surface area contributed by atoms with E-state index < -0.39 is 11.5 Å². The van der Waals surface area contributed by atoms with Gasteiger partial charge in [0.1, 0.15) is 5.75 Å². The highest BCUT2D eigenvalue weighted by Crippen LogP contribution is 2.14. The summed E-state index contributed by atoms with van der Waals surface area (Å²) in [6.45, 7) is -3.20. The van der Waals surface area contributed by atoms with Crippen molar-refractivity contribution in [1.29, 1.82) is 0 Å². The monoisotopic (exact) mass is 203 g/mol. The van der Waals surface area contributed by atoms with Crippen LogP contribution in [0.5, 0.6) is 5.75 Å². The third kappa shape index (κ3) is 3.34. The molecule has 1 aromatic carbocycles. The molecule has 0 saturated carbocycles. The number of nitrogens with zero attached hydrogens (tertiary/aromatic N) is 1. The average molecular weight is 203 g/mol. The third-order valence-electron chi connectivity index (χ3n) is 1.46. The van der Waals surface area contributed by atoms with Crippen molar-refractivity contribution in [1.82, 2.24) is 0 Å². The smallest absolute Gasteiger partial charge is 0.387 e. The molecular weight excluding hydrogens is 196 g/mol. The van der Waals surface area contributed by atoms with Gasteiger partial charge in [0.2, 0.25) is 6.54 Å². The van der Waals surface area contributed by atoms with E-state index >= 15 is 0 Å². The maximum atomic E-state index is 11.7. The number of benzene rings is 1. The van der Waals surface area contributed by atoms with Gasteiger partial charge in [-0.15, -0.1) is 0 Å². The SMILES string of the molecule is O=[N+]([O-])Cc1ccc(OC(F)F)cc1. The molecule has 0 unspecified atom stereocenters. The van der Waals surface area contributed by atoms with Gasteiger partial charge in [-0.3, -0.25) is 10.1 Å². The molecule has 0 aliphatic carbocycles. The number of rotatable bonds is 4. The van der Waals surface area contributed by atoms with Crippen molar-refractivity contribution < 1.29 is 18.4 Å². The first kappa shape index (κ1) is 10.4. The molecule has 1 aromatic rings. The van der Waals surface area contributed by atoms with Crippen LogP contribution in [0, 0.1) is 10.1 Å². The van der Waals surface area contributed by atoms with E-state index in [0.29, 0.717) is 5.56 Å². The highest BCUT2D eigenvalue weighted by Gasteiger charge is 2.05. The fourth-order valence-electron chi connectivity index (χ4n) is 0.925. The van der Waals surface area contributed by atoms with Gasteiger partial charge in [-0.25, -0.2) is 0 Å². The van der Waals surface area contributed by atoms with E-state index in [9.17, 15) is 18.9 Å². The molecule has 0 atom stereocenters. The van der Waals surface area contributed by atoms with E-state index in [2.05, 4.69) is 4.74 Å². The summed E-state index contributed by atoms with van der Waals surface area (Å²) in [5.41, 5.74) is 0.441. The lowest BCUT2D eigenvalue weighted by Gasteiger charge is -2.03. The van der Waals surface area contributed by atoms with Crippen LogP contribution in [-0.4, -0.2) is 11.5 Å². The second-order valence-corrected chi connectivity index (χ2v) is 2.51. The topological polar surface area (TPSA) is 52.4 Å². The Bertz CT molecular complexity index is 313. The number of halogens is 2. The van der Waals surface area contributed by atoms with Crippen molar-refractivity contribution in [3.63, 3.8) is 0 Å². The summed E-state index contributed by atoms with van der Waals surface area (Å²) in [7, 11) is 0. The second kappa shape index (κ2) is 4.50. The first-order valence-corrected chi connectivity index (χ1v) is 3.73. The van der Waals surface area contributed by atoms with E-state index in [1.807, 2.05) is 0 Å². The summed E-state index contributed by atoms with van der Waals surface area (Å²) >= 11 is 0. The van der Waals surface area contributed by atoms with Gasteiger partial charge < -0.3 is 4.74 Å². The Hall–Kier alpha value is -1.72. The van der Waals surface area contributed by atoms with Gasteiger partial charge in [0.25, 0.3) is 0 Å². The molecule has 0 amide bonds. The average Bonchev–Trinajstić information content (AvgIpc) is 2.06. The summed E-state index contributed by atoms with van der Waals surface area (Å²) in [4.78, 5) is 9.59. The van der Waals surface area contributed by atoms with E-state index in [1.54, 1.807) is 0 Å². The molecular formula is C8H7F2NO3. The molecule has 76 valence electrons. The summed E-state index contributed by atoms with van der Waals surface area (Å²) in [6, 6.07) is 5.29. The number of nitro groups is 1. The van der Waals surface area contributed by atoms with Gasteiger partial charge >= 0.3 is 6.61 Å². The lowest BCUT2D eigenvalue weighted by Crippen LogP contribution is -2.02. The van der Waals surface area contributed by atoms with E-state index in [4.69, 9.17) is 0 Å². The molecule has 0 aromatic heterocycles. The van der Waals surface area contributed by atoms with Gasteiger partial charge in [-0.2, -0.15) is 8.78 Å². The van der Waals surface area contributed by atoms with Crippen molar-refractivity contribution in [2.75, 3.05) is 0 Å². The van der Waals surface area contributed by atoms with Crippen LogP contribution in [0.3, 0.4) is 0 Å². The zero-order valence-electron chi connectivity index (χ0n) is 7.02. The predicted molar refractivity (Wildman–Crippen MR) is 43.8 cm³/mol. The van der Waals surface area contributed by atoms with Gasteiger partial charge in [-0.1, -0.05) is 0 Å². The van der Waals surface area contributed by atoms with Crippen LogP contribution in [-0.2, 0) is 6.54 Å². The minimum atomic E-state index is -2.88. The quantitative estimate of drug-likeness (QED) is 0.556. The molecule has 0 N–H and O–H groups in total. The van der Waals surface area contributed by atoms with Crippen LogP contribution < -0.4 is 4.74 Å². The number of alkyl halides is 2. The molecule has 4 nitrogen and oxygen atoms in total. The molecule has 1 rings (SSSR count). The first-order valence-electron chi connectivity index (χ1n) is 3.73. The fraction of sp³-hybridized carbons (Fsp3) is 0.250. The Morgan fingerprint density at radius 1 is 1.36 bits per heavy atom. The van der Waals surface area contributed by atoms with Crippen LogP contribution in [0.25, 0.3) is 0 Å². The predicted octanol–water partition coefficient (Wildman–Crippen LogP) is 2.06. The Kier molecular flexibility index (Phi) is 3.33. The minimum Gasteiger partial charge on any atom is -0.435 e. The number of ether oxygens (including phenoxy) is 1. The Morgan fingerprint density at radius 3 is 2.36 bits per heavy atom. The van der Waals surface area contributed by atoms with Crippen molar-refractivity contribution in [2.24, 2.45) is 0 Å². The second-order valence-electron chi connectivity index (χ2n) is 2.51. The Labute approximate surface area is 78.3 Å². The highest BCUT2D eigenvalue weighted by atomic mass is 19.3. The van der Waals surface area contributed by atoms with Gasteiger partial charge in [0.15, 0.2) is 0 Å². The first-order chi connectivity index (χ1) is 6.58. The molecule has 6 heteroatoms. The van der Waals surface area contributed by atoms with Crippen LogP contribution in [0.2, 0.25) is 0 Å². The molecule has 0 heterocycles. The normalized spacial score (nSPS) is 10.2. The van der Waals surface area contributed by atoms with Crippen molar-refractivity contribution in [3.8, 4) is 5.75 Å². The van der Waals surface area contributed by atoms with Crippen LogP contribution in [0.4, 0.5) is 8.78 Å². The summed E-state index contributed by atoms with van der Waals surface area (Å²) in [5.74, 6) is -0.00732. The number of hydrogen-bond acceptors (Lipinski definition) is 3. The van der Waals surface area contributed by atoms with Crippen LogP contribution in [0.1, 0.15) is 5.56 Å². The highest BCUT2D eigenvalue weighted by molar-refractivity contribution is 5.26. The Balaban J connectivity index is 2.63. The van der Waals surface area contributed by atoms with E-state index in [0.717, 1.165) is 0 Å². The van der Waals surface area contributed by atoms with Crippen molar-refractivity contribution >= 4 is 0 Å². The molecule has 0 radical (unpaired) electrons. The molecule has 0 saturated heterocycles. The van der Waals surface area contributed by atoms with E-state index in [1.165, 1.54) is 24.3 Å². The third-order valence-corrected chi connectivity index (χ3v) is 1.46. The fourth-order valence-corrected chi connectivity index (χ4v) is 0.925. The molecule has 0 bridgehead atoms. The summed E-state index contributed by atoms with van der Waals surface area (Å²) < 4.78 is 27.5. The molecule has 0 aliphatic rings. The molecule has 0 aliphatic heterocycles. The maximum absolute atomic E-state index is 11.7. The maximum Gasteiger partial charge on any atom is 0.387 e. The van der Waals surface area contributed by atoms with Crippen LogP contribution in [0.15, 0.2) is 24.3 Å². The lowest BCUT2D eigenvalue weighted by molar-refractivity contribution is -0.496. The standard InChI is InChI=1S/C8H7F2NO3/c9-8(10)14-7-3-1-6(2-4-7)5-11(12)13/h1-4,8H,5H2. The van der Waals surface area contributed by atoms with E-state index in [-0.39, 0.29) is 12.3 Å². The largest absolute Gasteiger partial charge is 0.435 e. The zero-order valence-corrected chi connectivity index (χ0v) is 7.02. The summed E-state index contributed by atoms with van der Waals surface area (Å²) in [6.07, 6.45) is 0. The van der Waals surface area contributed by atoms with Gasteiger partial charge in [-0.05, 0) is 24.3 Å². The van der Waals surface area contributed by atoms with Crippen molar-refractivity contribution in [2.45, 2.75) is 13.2 Å². The van der Waals surface area contributed by atoms with Gasteiger partial charge in [0.05, 0.1) is 0 Å². The zero-order chi connectivity index (χ0) is 10.6. The van der Waals surface area contributed by atoms with Gasteiger partial charge in [0, 0.05) is 10.5 Å². The molecule has 0 fully saturated rings. The molecule has 14 heavy (non-hydrogen) atoms. The Morgan fingerprint density at radius 2 is 1.93 bits per heavy atom. The lowest BCUT2D eigenvalue weighted by atomic mass is 10.2.